The number of halogens is 1. The van der Waals surface area contributed by atoms with E-state index in [0.29, 0.717) is 11.0 Å². The number of alkyl halides is 1. The van der Waals surface area contributed by atoms with Crippen molar-refractivity contribution in [1.29, 1.82) is 0 Å². The predicted octanol–water partition coefficient (Wildman–Crippen LogP) is 0.230. The molecule has 4 aromatic rings. The SMILES string of the molecule is Nc1nc2c(nnn2[C@@H]2O[C@H](CO[P+](=O)S)C[C@H]2OP(O)(=S)OCC2O[C@@H](n3ccc4c(N)ncnc43)[C@@H](F)[C@@H]2O)c(=O)[nH]1. The highest BCUT2D eigenvalue weighted by atomic mass is 32.7. The molecule has 2 saturated heterocycles. The van der Waals surface area contributed by atoms with E-state index in [4.69, 9.17) is 46.3 Å². The van der Waals surface area contributed by atoms with Crippen molar-refractivity contribution in [3.05, 3.63) is 28.9 Å². The zero-order valence-corrected chi connectivity index (χ0v) is 25.6. The number of thiol groups is 1. The number of hydrogen-bond acceptors (Lipinski definition) is 16. The first-order valence-electron chi connectivity index (χ1n) is 12.7. The highest BCUT2D eigenvalue weighted by Gasteiger charge is 2.47. The molecule has 0 bridgehead atoms. The van der Waals surface area contributed by atoms with E-state index < -0.39 is 69.2 Å². The summed E-state index contributed by atoms with van der Waals surface area (Å²) in [6, 6.07) is 1.59. The van der Waals surface area contributed by atoms with Crippen LogP contribution in [0.2, 0.25) is 0 Å². The largest absolute Gasteiger partial charge is 0.582 e. The quantitative estimate of drug-likeness (QED) is 0.0959. The highest BCUT2D eigenvalue weighted by molar-refractivity contribution is 8.39. The van der Waals surface area contributed by atoms with Crippen LogP contribution in [-0.2, 0) is 39.4 Å². The third kappa shape index (κ3) is 6.07. The van der Waals surface area contributed by atoms with Gasteiger partial charge in [-0.25, -0.2) is 14.4 Å². The molecule has 2 aliphatic rings. The fourth-order valence-electron chi connectivity index (χ4n) is 4.94. The van der Waals surface area contributed by atoms with E-state index in [9.17, 15) is 19.4 Å². The number of fused-ring (bicyclic) bond motifs is 2. The van der Waals surface area contributed by atoms with E-state index in [2.05, 4.69) is 42.5 Å². The van der Waals surface area contributed by atoms with Gasteiger partial charge in [-0.05, 0) is 22.4 Å². The van der Waals surface area contributed by atoms with Gasteiger partial charge >= 0.3 is 13.9 Å². The zero-order chi connectivity index (χ0) is 31.3. The molecule has 0 saturated carbocycles. The van der Waals surface area contributed by atoms with E-state index in [1.807, 2.05) is 0 Å². The molecule has 0 radical (unpaired) electrons. The fourth-order valence-corrected chi connectivity index (χ4v) is 6.88. The highest BCUT2D eigenvalue weighted by Crippen LogP contribution is 2.50. The number of H-pyrrole nitrogens is 1. The Morgan fingerprint density at radius 3 is 2.84 bits per heavy atom. The molecule has 24 heteroatoms. The Hall–Kier alpha value is -2.75. The Bertz CT molecular complexity index is 1830. The Kier molecular flexibility index (Phi) is 8.67. The molecular formula is C20H24FN10O9P2S2+. The molecule has 2 aliphatic heterocycles. The summed E-state index contributed by atoms with van der Waals surface area (Å²) < 4.78 is 57.0. The number of aliphatic hydroxyl groups excluding tert-OH is 1. The molecule has 2 fully saturated rings. The van der Waals surface area contributed by atoms with E-state index in [0.717, 1.165) is 4.68 Å². The van der Waals surface area contributed by atoms with Gasteiger partial charge in [0.25, 0.3) is 5.56 Å². The number of nitrogen functional groups attached to an aromatic ring is 2. The normalized spacial score (nSPS) is 29.0. The Morgan fingerprint density at radius 1 is 1.27 bits per heavy atom. The van der Waals surface area contributed by atoms with Crippen LogP contribution in [0.1, 0.15) is 18.9 Å². The number of nitrogens with one attached hydrogen (secondary N) is 1. The average Bonchev–Trinajstić information content (AvgIpc) is 3.73. The molecule has 4 aromatic heterocycles. The number of aliphatic hydroxyl groups is 1. The van der Waals surface area contributed by atoms with E-state index in [-0.39, 0.29) is 36.0 Å². The van der Waals surface area contributed by atoms with Crippen molar-refractivity contribution in [3.8, 4) is 0 Å². The molecule has 44 heavy (non-hydrogen) atoms. The number of aromatic nitrogens is 8. The van der Waals surface area contributed by atoms with Crippen LogP contribution < -0.4 is 17.0 Å². The average molecular weight is 694 g/mol. The van der Waals surface area contributed by atoms with Gasteiger partial charge in [0.2, 0.25) is 5.95 Å². The lowest BCUT2D eigenvalue weighted by molar-refractivity contribution is -0.0573. The van der Waals surface area contributed by atoms with E-state index in [1.165, 1.54) is 17.1 Å². The fraction of sp³-hybridized carbons (Fsp3) is 0.500. The first-order chi connectivity index (χ1) is 20.9. The summed E-state index contributed by atoms with van der Waals surface area (Å²) in [7, 11) is -2.26. The number of rotatable bonds is 10. The molecule has 0 aliphatic carbocycles. The summed E-state index contributed by atoms with van der Waals surface area (Å²) in [4.78, 5) is 37.6. The maximum Gasteiger partial charge on any atom is 0.582 e. The van der Waals surface area contributed by atoms with Gasteiger partial charge in [-0.15, -0.1) is 9.62 Å². The predicted molar refractivity (Wildman–Crippen MR) is 156 cm³/mol. The molecule has 6 heterocycles. The van der Waals surface area contributed by atoms with Gasteiger partial charge in [0.1, 0.15) is 55.0 Å². The number of ether oxygens (including phenoxy) is 2. The Morgan fingerprint density at radius 2 is 2.07 bits per heavy atom. The smallest absolute Gasteiger partial charge is 0.387 e. The van der Waals surface area contributed by atoms with Gasteiger partial charge in [-0.2, -0.15) is 9.67 Å². The molecule has 6 rings (SSSR count). The van der Waals surface area contributed by atoms with E-state index >= 15 is 4.39 Å². The number of nitrogens with zero attached hydrogens (tertiary/aromatic N) is 7. The van der Waals surface area contributed by atoms with Gasteiger partial charge in [0, 0.05) is 12.6 Å². The molecule has 0 amide bonds. The summed E-state index contributed by atoms with van der Waals surface area (Å²) in [6.45, 7) is -4.87. The van der Waals surface area contributed by atoms with Crippen molar-refractivity contribution in [3.63, 3.8) is 0 Å². The zero-order valence-electron chi connectivity index (χ0n) is 22.1. The van der Waals surface area contributed by atoms with E-state index in [1.54, 1.807) is 6.07 Å². The number of anilines is 2. The maximum atomic E-state index is 15.2. The molecular weight excluding hydrogens is 669 g/mol. The molecule has 236 valence electrons. The molecule has 0 spiro atoms. The molecule has 7 N–H and O–H groups in total. The lowest BCUT2D eigenvalue weighted by Gasteiger charge is -2.25. The van der Waals surface area contributed by atoms with Crippen molar-refractivity contribution in [2.24, 2.45) is 0 Å². The van der Waals surface area contributed by atoms with Crippen LogP contribution in [0.15, 0.2) is 23.4 Å². The molecule has 3 unspecified atom stereocenters. The summed E-state index contributed by atoms with van der Waals surface area (Å²) in [6.07, 6.45) is -6.40. The second kappa shape index (κ2) is 12.2. The minimum absolute atomic E-state index is 0.0207. The molecule has 0 aromatic carbocycles. The lowest BCUT2D eigenvalue weighted by atomic mass is 10.1. The molecule has 19 nitrogen and oxygen atoms in total. The summed E-state index contributed by atoms with van der Waals surface area (Å²) >= 11 is 8.92. The second-order valence-electron chi connectivity index (χ2n) is 9.70. The second-order valence-corrected chi connectivity index (χ2v) is 14.2. The Balaban J connectivity index is 1.17. The van der Waals surface area contributed by atoms with Crippen LogP contribution >= 0.6 is 26.2 Å². The standard InChI is InChI=1S/C20H23FN10O9P2S2/c21-11-13(32)10(39-19(11)30-2-1-8-14(22)24-6-25-15(8)30)5-37-42(35,44)40-9-3-7(4-36-41(34)43)38-18(9)31-16-12(28-29-31)17(33)27-20(23)26-16/h1-2,6-7,9-11,13,18-19,32H,3-5H2,(H6-,22,23,24,25,26,27,29,33,34,35,43,44)/p+1/t7-,9+,10?,11-,13+,18+,19+,42?/m0/s1. The van der Waals surface area contributed by atoms with Crippen LogP contribution in [0.4, 0.5) is 16.2 Å². The lowest BCUT2D eigenvalue weighted by Crippen LogP contribution is -2.31. The van der Waals surface area contributed by atoms with Gasteiger partial charge in [0.15, 0.2) is 29.8 Å². The topological polar surface area (TPSA) is 263 Å². The van der Waals surface area contributed by atoms with Crippen LogP contribution in [0.25, 0.3) is 22.2 Å². The van der Waals surface area contributed by atoms with Crippen LogP contribution in [0, 0.1) is 0 Å². The monoisotopic (exact) mass is 693 g/mol. The van der Waals surface area contributed by atoms with Gasteiger partial charge < -0.3 is 44.6 Å². The van der Waals surface area contributed by atoms with Gasteiger partial charge in [-0.1, -0.05) is 5.21 Å². The third-order valence-electron chi connectivity index (χ3n) is 6.89. The Labute approximate surface area is 256 Å². The number of aromatic amines is 1. The maximum absolute atomic E-state index is 15.2. The van der Waals surface area contributed by atoms with Crippen LogP contribution in [0.5, 0.6) is 0 Å². The summed E-state index contributed by atoms with van der Waals surface area (Å²) in [5, 5.41) is 18.8. The minimum atomic E-state index is -4.14. The summed E-state index contributed by atoms with van der Waals surface area (Å²) in [5.74, 6) is -0.0272. The number of nitrogens with two attached hydrogens (primary N) is 2. The van der Waals surface area contributed by atoms with Crippen LogP contribution in [-0.4, -0.2) is 93.3 Å². The van der Waals surface area contributed by atoms with Crippen LogP contribution in [0.3, 0.4) is 0 Å². The van der Waals surface area contributed by atoms with Crippen molar-refractivity contribution >= 4 is 72.0 Å². The number of hydrogen-bond donors (Lipinski definition) is 6. The van der Waals surface area contributed by atoms with Crippen molar-refractivity contribution in [2.75, 3.05) is 24.7 Å². The summed E-state index contributed by atoms with van der Waals surface area (Å²) in [5.41, 5.74) is 11.0. The minimum Gasteiger partial charge on any atom is -0.387 e. The van der Waals surface area contributed by atoms with Gasteiger partial charge in [-0.3, -0.25) is 9.78 Å². The van der Waals surface area contributed by atoms with Crippen molar-refractivity contribution in [2.45, 2.75) is 49.5 Å². The first kappa shape index (κ1) is 31.2. The molecule has 9 atom stereocenters. The van der Waals surface area contributed by atoms with Gasteiger partial charge in [0.05, 0.1) is 18.1 Å². The van der Waals surface area contributed by atoms with Crippen molar-refractivity contribution in [1.82, 2.24) is 39.5 Å². The van der Waals surface area contributed by atoms with Crippen molar-refractivity contribution < 1.29 is 42.0 Å². The first-order valence-corrected chi connectivity index (χ1v) is 17.6. The third-order valence-corrected chi connectivity index (χ3v) is 9.19.